The molecule has 0 bridgehead atoms. The minimum Gasteiger partial charge on any atom is -0.465 e. The standard InChI is InChI=1S/C12H21NO3/c14-12(11-2-1-5-13-8-11)16-9-10-3-6-15-7-4-10/h10-11,13H,1-9H2/t11-/m0/s1. The lowest BCUT2D eigenvalue weighted by molar-refractivity contribution is -0.151. The lowest BCUT2D eigenvalue weighted by Gasteiger charge is -2.24. The van der Waals surface area contributed by atoms with Gasteiger partial charge in [-0.1, -0.05) is 0 Å². The van der Waals surface area contributed by atoms with Crippen molar-refractivity contribution in [2.45, 2.75) is 25.7 Å². The maximum atomic E-state index is 11.7. The number of carbonyl (C=O) groups excluding carboxylic acids is 1. The molecule has 16 heavy (non-hydrogen) atoms. The van der Waals surface area contributed by atoms with Crippen LogP contribution < -0.4 is 5.32 Å². The molecule has 0 spiro atoms. The predicted octanol–water partition coefficient (Wildman–Crippen LogP) is 0.956. The number of hydrogen-bond donors (Lipinski definition) is 1. The van der Waals surface area contributed by atoms with E-state index in [1.165, 1.54) is 0 Å². The molecule has 0 aromatic heterocycles. The van der Waals surface area contributed by atoms with E-state index in [-0.39, 0.29) is 11.9 Å². The van der Waals surface area contributed by atoms with Gasteiger partial charge in [-0.15, -0.1) is 0 Å². The Morgan fingerprint density at radius 2 is 2.12 bits per heavy atom. The molecule has 2 saturated heterocycles. The Morgan fingerprint density at radius 3 is 2.81 bits per heavy atom. The molecule has 4 nitrogen and oxygen atoms in total. The summed E-state index contributed by atoms with van der Waals surface area (Å²) in [6, 6.07) is 0. The van der Waals surface area contributed by atoms with Crippen LogP contribution in [0.4, 0.5) is 0 Å². The summed E-state index contributed by atoms with van der Waals surface area (Å²) in [7, 11) is 0. The van der Waals surface area contributed by atoms with Crippen LogP contribution in [0.25, 0.3) is 0 Å². The highest BCUT2D eigenvalue weighted by Gasteiger charge is 2.23. The first-order valence-electron chi connectivity index (χ1n) is 6.31. The van der Waals surface area contributed by atoms with Crippen LogP contribution in [0.15, 0.2) is 0 Å². The van der Waals surface area contributed by atoms with Crippen LogP contribution in [-0.4, -0.2) is 38.9 Å². The number of hydrogen-bond acceptors (Lipinski definition) is 4. The zero-order valence-corrected chi connectivity index (χ0v) is 9.74. The van der Waals surface area contributed by atoms with Gasteiger partial charge in [0.25, 0.3) is 0 Å². The first kappa shape index (κ1) is 11.9. The smallest absolute Gasteiger partial charge is 0.310 e. The Labute approximate surface area is 96.7 Å². The van der Waals surface area contributed by atoms with Crippen molar-refractivity contribution in [3.05, 3.63) is 0 Å². The lowest BCUT2D eigenvalue weighted by Crippen LogP contribution is -2.36. The number of carbonyl (C=O) groups is 1. The monoisotopic (exact) mass is 227 g/mol. The van der Waals surface area contributed by atoms with Crippen molar-refractivity contribution in [1.29, 1.82) is 0 Å². The molecule has 92 valence electrons. The van der Waals surface area contributed by atoms with Gasteiger partial charge in [0.1, 0.15) is 0 Å². The SMILES string of the molecule is O=C(OCC1CCOCC1)[C@H]1CCCNC1. The van der Waals surface area contributed by atoms with Gasteiger partial charge in [-0.25, -0.2) is 0 Å². The highest BCUT2D eigenvalue weighted by atomic mass is 16.5. The first-order chi connectivity index (χ1) is 7.86. The molecule has 0 aromatic carbocycles. The first-order valence-corrected chi connectivity index (χ1v) is 6.31. The molecule has 0 aliphatic carbocycles. The maximum Gasteiger partial charge on any atom is 0.310 e. The molecule has 1 atom stereocenters. The third-order valence-corrected chi connectivity index (χ3v) is 3.43. The fourth-order valence-electron chi connectivity index (χ4n) is 2.28. The molecule has 2 heterocycles. The van der Waals surface area contributed by atoms with E-state index in [1.54, 1.807) is 0 Å². The van der Waals surface area contributed by atoms with Crippen LogP contribution in [0.2, 0.25) is 0 Å². The van der Waals surface area contributed by atoms with E-state index in [2.05, 4.69) is 5.32 Å². The topological polar surface area (TPSA) is 47.6 Å². The maximum absolute atomic E-state index is 11.7. The van der Waals surface area contributed by atoms with Crippen molar-refractivity contribution in [3.8, 4) is 0 Å². The van der Waals surface area contributed by atoms with Crippen LogP contribution in [-0.2, 0) is 14.3 Å². The quantitative estimate of drug-likeness (QED) is 0.729. The average Bonchev–Trinajstić information content (AvgIpc) is 2.38. The van der Waals surface area contributed by atoms with E-state index in [0.717, 1.165) is 52.0 Å². The summed E-state index contributed by atoms with van der Waals surface area (Å²) in [6.07, 6.45) is 4.10. The van der Waals surface area contributed by atoms with Crippen LogP contribution in [0, 0.1) is 11.8 Å². The van der Waals surface area contributed by atoms with Crippen LogP contribution in [0.3, 0.4) is 0 Å². The van der Waals surface area contributed by atoms with E-state index < -0.39 is 0 Å². The Balaban J connectivity index is 1.65. The van der Waals surface area contributed by atoms with Crippen molar-refractivity contribution >= 4 is 5.97 Å². The summed E-state index contributed by atoms with van der Waals surface area (Å²) in [6.45, 7) is 4.02. The molecule has 0 amide bonds. The van der Waals surface area contributed by atoms with E-state index in [9.17, 15) is 4.79 Å². The third kappa shape index (κ3) is 3.46. The van der Waals surface area contributed by atoms with Crippen LogP contribution in [0.1, 0.15) is 25.7 Å². The molecule has 0 radical (unpaired) electrons. The minimum absolute atomic E-state index is 0.0151. The Kier molecular flexibility index (Phi) is 4.60. The molecule has 0 unspecified atom stereocenters. The van der Waals surface area contributed by atoms with Gasteiger partial charge in [-0.3, -0.25) is 4.79 Å². The zero-order chi connectivity index (χ0) is 11.2. The fraction of sp³-hybridized carbons (Fsp3) is 0.917. The third-order valence-electron chi connectivity index (χ3n) is 3.43. The number of piperidine rings is 1. The number of esters is 1. The minimum atomic E-state index is -0.0151. The molecule has 2 fully saturated rings. The van der Waals surface area contributed by atoms with Gasteiger partial charge in [0.2, 0.25) is 0 Å². The lowest BCUT2D eigenvalue weighted by atomic mass is 9.99. The summed E-state index contributed by atoms with van der Waals surface area (Å²) in [5.74, 6) is 0.571. The molecular formula is C12H21NO3. The second-order valence-electron chi connectivity index (χ2n) is 4.73. The predicted molar refractivity (Wildman–Crippen MR) is 60.1 cm³/mol. The van der Waals surface area contributed by atoms with Gasteiger partial charge in [0.05, 0.1) is 12.5 Å². The normalized spacial score (nSPS) is 27.6. The Bertz CT molecular complexity index is 220. The van der Waals surface area contributed by atoms with Crippen molar-refractivity contribution in [2.24, 2.45) is 11.8 Å². The van der Waals surface area contributed by atoms with Gasteiger partial charge < -0.3 is 14.8 Å². The zero-order valence-electron chi connectivity index (χ0n) is 9.74. The van der Waals surface area contributed by atoms with Crippen molar-refractivity contribution < 1.29 is 14.3 Å². The molecule has 2 aliphatic rings. The molecule has 2 aliphatic heterocycles. The number of rotatable bonds is 3. The highest BCUT2D eigenvalue weighted by Crippen LogP contribution is 2.17. The second-order valence-corrected chi connectivity index (χ2v) is 4.73. The highest BCUT2D eigenvalue weighted by molar-refractivity contribution is 5.72. The van der Waals surface area contributed by atoms with Gasteiger partial charge in [0.15, 0.2) is 0 Å². The van der Waals surface area contributed by atoms with E-state index in [0.29, 0.717) is 12.5 Å². The van der Waals surface area contributed by atoms with E-state index >= 15 is 0 Å². The van der Waals surface area contributed by atoms with Crippen LogP contribution >= 0.6 is 0 Å². The molecule has 1 N–H and O–H groups in total. The van der Waals surface area contributed by atoms with Gasteiger partial charge in [-0.2, -0.15) is 0 Å². The molecule has 2 rings (SSSR count). The van der Waals surface area contributed by atoms with Crippen molar-refractivity contribution in [2.75, 3.05) is 32.9 Å². The molecule has 0 aromatic rings. The van der Waals surface area contributed by atoms with Gasteiger partial charge in [-0.05, 0) is 38.1 Å². The number of nitrogens with one attached hydrogen (secondary N) is 1. The van der Waals surface area contributed by atoms with Crippen molar-refractivity contribution in [3.63, 3.8) is 0 Å². The molecule has 0 saturated carbocycles. The summed E-state index contributed by atoms with van der Waals surface area (Å²) in [5.41, 5.74) is 0. The van der Waals surface area contributed by atoms with Gasteiger partial charge in [0, 0.05) is 19.8 Å². The molecule has 4 heteroatoms. The Hall–Kier alpha value is -0.610. The summed E-state index contributed by atoms with van der Waals surface area (Å²) in [4.78, 5) is 11.7. The average molecular weight is 227 g/mol. The van der Waals surface area contributed by atoms with E-state index in [1.807, 2.05) is 0 Å². The second kappa shape index (κ2) is 6.21. The van der Waals surface area contributed by atoms with Crippen molar-refractivity contribution in [1.82, 2.24) is 5.32 Å². The Morgan fingerprint density at radius 1 is 1.31 bits per heavy atom. The molecular weight excluding hydrogens is 206 g/mol. The number of ether oxygens (including phenoxy) is 2. The summed E-state index contributed by atoms with van der Waals surface area (Å²) < 4.78 is 10.7. The fourth-order valence-corrected chi connectivity index (χ4v) is 2.28. The van der Waals surface area contributed by atoms with Gasteiger partial charge >= 0.3 is 5.97 Å². The largest absolute Gasteiger partial charge is 0.465 e. The van der Waals surface area contributed by atoms with E-state index in [4.69, 9.17) is 9.47 Å². The summed E-state index contributed by atoms with van der Waals surface area (Å²) >= 11 is 0. The summed E-state index contributed by atoms with van der Waals surface area (Å²) in [5, 5.41) is 3.23. The van der Waals surface area contributed by atoms with Crippen LogP contribution in [0.5, 0.6) is 0 Å².